The zero-order valence-electron chi connectivity index (χ0n) is 11.9. The normalized spacial score (nSPS) is 33.5. The van der Waals surface area contributed by atoms with E-state index >= 15 is 0 Å². The molecule has 0 saturated heterocycles. The lowest BCUT2D eigenvalue weighted by Gasteiger charge is -2.29. The first kappa shape index (κ1) is 13.4. The standard InChI is InChI=1S/C16H31N/c1-3-14-11-8-12-16(14)17-13(2)15-9-6-4-5-7-10-15/h13-17H,3-12H2,1-2H3/t13-,14?,16?/m0/s1. The van der Waals surface area contributed by atoms with E-state index in [2.05, 4.69) is 19.2 Å². The van der Waals surface area contributed by atoms with Gasteiger partial charge in [0, 0.05) is 12.1 Å². The van der Waals surface area contributed by atoms with Gasteiger partial charge >= 0.3 is 0 Å². The highest BCUT2D eigenvalue weighted by atomic mass is 15.0. The second kappa shape index (κ2) is 6.78. The summed E-state index contributed by atoms with van der Waals surface area (Å²) in [5.41, 5.74) is 0. The van der Waals surface area contributed by atoms with Crippen LogP contribution < -0.4 is 5.32 Å². The minimum absolute atomic E-state index is 0.755. The van der Waals surface area contributed by atoms with Crippen molar-refractivity contribution in [3.05, 3.63) is 0 Å². The van der Waals surface area contributed by atoms with Crippen molar-refractivity contribution in [2.24, 2.45) is 11.8 Å². The minimum Gasteiger partial charge on any atom is -0.311 e. The fourth-order valence-electron chi connectivity index (χ4n) is 4.03. The van der Waals surface area contributed by atoms with Crippen LogP contribution in [0, 0.1) is 11.8 Å². The average molecular weight is 237 g/mol. The molecule has 100 valence electrons. The van der Waals surface area contributed by atoms with Gasteiger partial charge in [-0.05, 0) is 44.4 Å². The zero-order valence-corrected chi connectivity index (χ0v) is 11.9. The monoisotopic (exact) mass is 237 g/mol. The number of nitrogens with one attached hydrogen (secondary N) is 1. The Balaban J connectivity index is 1.80. The predicted octanol–water partition coefficient (Wildman–Crippen LogP) is 4.51. The van der Waals surface area contributed by atoms with E-state index in [-0.39, 0.29) is 0 Å². The number of hydrogen-bond acceptors (Lipinski definition) is 1. The van der Waals surface area contributed by atoms with Crippen LogP contribution in [0.3, 0.4) is 0 Å². The Morgan fingerprint density at radius 3 is 2.29 bits per heavy atom. The zero-order chi connectivity index (χ0) is 12.1. The summed E-state index contributed by atoms with van der Waals surface area (Å²) in [6, 6.07) is 1.59. The lowest BCUT2D eigenvalue weighted by molar-refractivity contribution is 0.278. The lowest BCUT2D eigenvalue weighted by Crippen LogP contribution is -2.42. The molecule has 2 unspecified atom stereocenters. The van der Waals surface area contributed by atoms with E-state index in [1.165, 1.54) is 64.2 Å². The van der Waals surface area contributed by atoms with Gasteiger partial charge in [-0.15, -0.1) is 0 Å². The number of hydrogen-bond donors (Lipinski definition) is 1. The molecule has 0 heterocycles. The molecule has 2 aliphatic carbocycles. The smallest absolute Gasteiger partial charge is 0.00978 e. The van der Waals surface area contributed by atoms with Crippen LogP contribution in [0.15, 0.2) is 0 Å². The molecule has 0 spiro atoms. The Morgan fingerprint density at radius 1 is 0.941 bits per heavy atom. The second-order valence-electron chi connectivity index (χ2n) is 6.41. The van der Waals surface area contributed by atoms with Crippen LogP contribution in [0.1, 0.15) is 78.1 Å². The maximum absolute atomic E-state index is 3.98. The van der Waals surface area contributed by atoms with Gasteiger partial charge in [-0.3, -0.25) is 0 Å². The lowest BCUT2D eigenvalue weighted by atomic mass is 9.91. The first-order valence-corrected chi connectivity index (χ1v) is 8.07. The summed E-state index contributed by atoms with van der Waals surface area (Å²) in [7, 11) is 0. The maximum Gasteiger partial charge on any atom is 0.00978 e. The van der Waals surface area contributed by atoms with Crippen LogP contribution in [-0.4, -0.2) is 12.1 Å². The highest BCUT2D eigenvalue weighted by Crippen LogP contribution is 2.31. The van der Waals surface area contributed by atoms with Crippen molar-refractivity contribution in [3.63, 3.8) is 0 Å². The van der Waals surface area contributed by atoms with Crippen LogP contribution in [0.4, 0.5) is 0 Å². The molecule has 0 radical (unpaired) electrons. The van der Waals surface area contributed by atoms with Crippen molar-refractivity contribution >= 4 is 0 Å². The molecule has 2 aliphatic rings. The quantitative estimate of drug-likeness (QED) is 0.709. The first-order chi connectivity index (χ1) is 8.31. The second-order valence-corrected chi connectivity index (χ2v) is 6.41. The number of rotatable bonds is 4. The molecule has 1 nitrogen and oxygen atoms in total. The van der Waals surface area contributed by atoms with E-state index in [0.29, 0.717) is 0 Å². The van der Waals surface area contributed by atoms with Gasteiger partial charge < -0.3 is 5.32 Å². The Hall–Kier alpha value is -0.0400. The molecule has 3 atom stereocenters. The molecule has 2 rings (SSSR count). The Kier molecular flexibility index (Phi) is 5.34. The van der Waals surface area contributed by atoms with Gasteiger partial charge in [-0.2, -0.15) is 0 Å². The van der Waals surface area contributed by atoms with E-state index in [0.717, 1.165) is 23.9 Å². The molecular weight excluding hydrogens is 206 g/mol. The van der Waals surface area contributed by atoms with Gasteiger partial charge in [0.1, 0.15) is 0 Å². The van der Waals surface area contributed by atoms with Crippen molar-refractivity contribution < 1.29 is 0 Å². The SMILES string of the molecule is CCC1CCCC1N[C@@H](C)C1CCCCCC1. The average Bonchev–Trinajstić information content (AvgIpc) is 2.62. The Bertz CT molecular complexity index is 206. The molecular formula is C16H31N. The van der Waals surface area contributed by atoms with Crippen LogP contribution in [0.25, 0.3) is 0 Å². The molecule has 0 aliphatic heterocycles. The largest absolute Gasteiger partial charge is 0.311 e. The van der Waals surface area contributed by atoms with Gasteiger partial charge in [-0.1, -0.05) is 45.4 Å². The molecule has 0 bridgehead atoms. The molecule has 0 aromatic carbocycles. The molecule has 1 N–H and O–H groups in total. The van der Waals surface area contributed by atoms with Gasteiger partial charge in [0.15, 0.2) is 0 Å². The van der Waals surface area contributed by atoms with E-state index in [9.17, 15) is 0 Å². The van der Waals surface area contributed by atoms with Crippen molar-refractivity contribution in [1.29, 1.82) is 0 Å². The molecule has 2 fully saturated rings. The summed E-state index contributed by atoms with van der Waals surface area (Å²) >= 11 is 0. The third-order valence-electron chi connectivity index (χ3n) is 5.27. The summed E-state index contributed by atoms with van der Waals surface area (Å²) in [4.78, 5) is 0. The topological polar surface area (TPSA) is 12.0 Å². The Morgan fingerprint density at radius 2 is 1.65 bits per heavy atom. The van der Waals surface area contributed by atoms with E-state index < -0.39 is 0 Å². The fourth-order valence-corrected chi connectivity index (χ4v) is 4.03. The van der Waals surface area contributed by atoms with Crippen LogP contribution in [-0.2, 0) is 0 Å². The van der Waals surface area contributed by atoms with Crippen LogP contribution in [0.2, 0.25) is 0 Å². The maximum atomic E-state index is 3.98. The van der Waals surface area contributed by atoms with Crippen LogP contribution in [0.5, 0.6) is 0 Å². The summed E-state index contributed by atoms with van der Waals surface area (Å²) in [6.07, 6.45) is 14.5. The van der Waals surface area contributed by atoms with Gasteiger partial charge in [0.05, 0.1) is 0 Å². The first-order valence-electron chi connectivity index (χ1n) is 8.07. The summed E-state index contributed by atoms with van der Waals surface area (Å²) in [5.74, 6) is 1.92. The Labute approximate surface area is 108 Å². The van der Waals surface area contributed by atoms with Gasteiger partial charge in [0.2, 0.25) is 0 Å². The van der Waals surface area contributed by atoms with Crippen molar-refractivity contribution in [2.45, 2.75) is 90.1 Å². The van der Waals surface area contributed by atoms with Gasteiger partial charge in [0.25, 0.3) is 0 Å². The highest BCUT2D eigenvalue weighted by molar-refractivity contribution is 4.86. The van der Waals surface area contributed by atoms with Crippen molar-refractivity contribution in [2.75, 3.05) is 0 Å². The van der Waals surface area contributed by atoms with Crippen molar-refractivity contribution in [3.8, 4) is 0 Å². The van der Waals surface area contributed by atoms with Crippen LogP contribution >= 0.6 is 0 Å². The van der Waals surface area contributed by atoms with Crippen molar-refractivity contribution in [1.82, 2.24) is 5.32 Å². The molecule has 2 saturated carbocycles. The minimum atomic E-state index is 0.755. The van der Waals surface area contributed by atoms with E-state index in [1.807, 2.05) is 0 Å². The molecule has 0 aromatic heterocycles. The highest BCUT2D eigenvalue weighted by Gasteiger charge is 2.28. The van der Waals surface area contributed by atoms with E-state index in [4.69, 9.17) is 0 Å². The summed E-state index contributed by atoms with van der Waals surface area (Å²) < 4.78 is 0. The molecule has 1 heteroatoms. The third-order valence-corrected chi connectivity index (χ3v) is 5.27. The summed E-state index contributed by atoms with van der Waals surface area (Å²) in [6.45, 7) is 4.81. The van der Waals surface area contributed by atoms with Gasteiger partial charge in [-0.25, -0.2) is 0 Å². The summed E-state index contributed by atoms with van der Waals surface area (Å²) in [5, 5.41) is 3.98. The fraction of sp³-hybridized carbons (Fsp3) is 1.00. The molecule has 17 heavy (non-hydrogen) atoms. The van der Waals surface area contributed by atoms with E-state index in [1.54, 1.807) is 0 Å². The molecule has 0 aromatic rings. The predicted molar refractivity (Wildman–Crippen MR) is 75.2 cm³/mol. The third kappa shape index (κ3) is 3.71. The molecule has 0 amide bonds.